The van der Waals surface area contributed by atoms with Gasteiger partial charge in [0.2, 0.25) is 0 Å². The summed E-state index contributed by atoms with van der Waals surface area (Å²) in [5, 5.41) is 7.42. The van der Waals surface area contributed by atoms with Gasteiger partial charge < -0.3 is 10.3 Å². The Balaban J connectivity index is 1.92. The highest BCUT2D eigenvalue weighted by molar-refractivity contribution is 6.04. The normalized spacial score (nSPS) is 15.1. The van der Waals surface area contributed by atoms with E-state index in [1.165, 1.54) is 5.01 Å². The van der Waals surface area contributed by atoms with Crippen LogP contribution in [0.25, 0.3) is 11.2 Å². The fourth-order valence-electron chi connectivity index (χ4n) is 3.39. The number of nitroso groups, excluding NO2 is 1. The smallest absolute Gasteiger partial charge is 0.255 e. The summed E-state index contributed by atoms with van der Waals surface area (Å²) in [6, 6.07) is 0. The van der Waals surface area contributed by atoms with E-state index >= 15 is 0 Å². The number of nitrogens with zero attached hydrogens (tertiary/aromatic N) is 4. The molecule has 2 N–H and O–H groups in total. The summed E-state index contributed by atoms with van der Waals surface area (Å²) in [4.78, 5) is 35.6. The minimum Gasteiger partial charge on any atom is -0.347 e. The lowest BCUT2D eigenvalue weighted by molar-refractivity contribution is 0.0921. The average molecular weight is 370 g/mol. The number of rotatable bonds is 5. The number of fused-ring (bicyclic) bond motifs is 1. The minimum atomic E-state index is -0.333. The Morgan fingerprint density at radius 3 is 2.78 bits per heavy atom. The van der Waals surface area contributed by atoms with Crippen molar-refractivity contribution < 1.29 is 4.79 Å². The average Bonchev–Trinajstić information content (AvgIpc) is 3.03. The standard InChI is InChI=1S/C19H26N6O2/c1-19(2,3)23-18(26)14-11-21-17-16(14)22-13(10-20-17)9-12-7-5-6-8-15(12)25(4)24-27/h10-11H,5-9H2,1-4H3,(H,20,21)(H,23,26). The summed E-state index contributed by atoms with van der Waals surface area (Å²) < 4.78 is 0. The third-order valence-corrected chi connectivity index (χ3v) is 4.62. The van der Waals surface area contributed by atoms with Crippen LogP contribution in [0, 0.1) is 4.91 Å². The number of amides is 1. The zero-order valence-electron chi connectivity index (χ0n) is 16.3. The van der Waals surface area contributed by atoms with Crippen LogP contribution in [0.15, 0.2) is 28.9 Å². The van der Waals surface area contributed by atoms with Crippen LogP contribution >= 0.6 is 0 Å². The molecule has 0 fully saturated rings. The van der Waals surface area contributed by atoms with Crippen molar-refractivity contribution in [2.24, 2.45) is 5.29 Å². The van der Waals surface area contributed by atoms with E-state index in [0.29, 0.717) is 23.1 Å². The number of allylic oxidation sites excluding steroid dienone is 2. The molecule has 0 radical (unpaired) electrons. The van der Waals surface area contributed by atoms with Crippen LogP contribution in [0.2, 0.25) is 0 Å². The molecule has 0 atom stereocenters. The molecule has 0 saturated heterocycles. The molecule has 0 aromatic carbocycles. The van der Waals surface area contributed by atoms with Gasteiger partial charge in [-0.05, 0) is 52.0 Å². The van der Waals surface area contributed by atoms with Gasteiger partial charge in [-0.3, -0.25) is 4.79 Å². The van der Waals surface area contributed by atoms with E-state index in [1.54, 1.807) is 19.4 Å². The molecule has 144 valence electrons. The summed E-state index contributed by atoms with van der Waals surface area (Å²) >= 11 is 0. The van der Waals surface area contributed by atoms with Crippen LogP contribution < -0.4 is 5.32 Å². The first kappa shape index (κ1) is 19.0. The fourth-order valence-corrected chi connectivity index (χ4v) is 3.39. The molecule has 0 aliphatic heterocycles. The Kier molecular flexibility index (Phi) is 5.25. The van der Waals surface area contributed by atoms with E-state index < -0.39 is 0 Å². The van der Waals surface area contributed by atoms with Crippen LogP contribution in [0.5, 0.6) is 0 Å². The van der Waals surface area contributed by atoms with E-state index in [9.17, 15) is 9.70 Å². The predicted octanol–water partition coefficient (Wildman–Crippen LogP) is 3.47. The molecule has 2 aromatic heterocycles. The van der Waals surface area contributed by atoms with Gasteiger partial charge in [-0.2, -0.15) is 0 Å². The van der Waals surface area contributed by atoms with Crippen LogP contribution in [0.1, 0.15) is 62.5 Å². The molecular formula is C19H26N6O2. The largest absolute Gasteiger partial charge is 0.347 e. The molecule has 27 heavy (non-hydrogen) atoms. The van der Waals surface area contributed by atoms with E-state index in [2.05, 4.69) is 25.6 Å². The van der Waals surface area contributed by atoms with Crippen molar-refractivity contribution in [1.82, 2.24) is 25.3 Å². The van der Waals surface area contributed by atoms with Crippen LogP contribution in [0.4, 0.5) is 0 Å². The third kappa shape index (κ3) is 4.32. The maximum absolute atomic E-state index is 12.6. The maximum Gasteiger partial charge on any atom is 0.255 e. The Bertz CT molecular complexity index is 893. The zero-order chi connectivity index (χ0) is 19.6. The van der Waals surface area contributed by atoms with Gasteiger partial charge in [0.1, 0.15) is 5.52 Å². The number of hydrogen-bond donors (Lipinski definition) is 2. The monoisotopic (exact) mass is 370 g/mol. The lowest BCUT2D eigenvalue weighted by Crippen LogP contribution is -2.40. The van der Waals surface area contributed by atoms with Crippen LogP contribution in [0.3, 0.4) is 0 Å². The number of aromatic nitrogens is 3. The fraction of sp³-hybridized carbons (Fsp3) is 0.526. The molecule has 8 heteroatoms. The molecule has 0 spiro atoms. The van der Waals surface area contributed by atoms with Crippen molar-refractivity contribution in [3.8, 4) is 0 Å². The Morgan fingerprint density at radius 2 is 2.07 bits per heavy atom. The van der Waals surface area contributed by atoms with Crippen molar-refractivity contribution in [3.63, 3.8) is 0 Å². The Morgan fingerprint density at radius 1 is 1.33 bits per heavy atom. The van der Waals surface area contributed by atoms with Gasteiger partial charge in [0.05, 0.1) is 22.7 Å². The van der Waals surface area contributed by atoms with Gasteiger partial charge >= 0.3 is 0 Å². The van der Waals surface area contributed by atoms with Crippen molar-refractivity contribution in [1.29, 1.82) is 0 Å². The van der Waals surface area contributed by atoms with Gasteiger partial charge in [-0.15, -0.1) is 4.91 Å². The van der Waals surface area contributed by atoms with Crippen molar-refractivity contribution in [2.45, 2.75) is 58.4 Å². The minimum absolute atomic E-state index is 0.178. The van der Waals surface area contributed by atoms with Crippen LogP contribution in [-0.4, -0.2) is 38.5 Å². The highest BCUT2D eigenvalue weighted by Gasteiger charge is 2.21. The molecule has 2 heterocycles. The van der Waals surface area contributed by atoms with E-state index in [-0.39, 0.29) is 11.4 Å². The summed E-state index contributed by atoms with van der Waals surface area (Å²) in [6.45, 7) is 5.81. The number of H-pyrrole nitrogens is 1. The molecule has 0 bridgehead atoms. The number of aromatic amines is 1. The number of hydrogen-bond acceptors (Lipinski definition) is 5. The molecule has 3 rings (SSSR count). The van der Waals surface area contributed by atoms with Gasteiger partial charge in [0.25, 0.3) is 5.91 Å². The molecular weight excluding hydrogens is 344 g/mol. The number of carbonyl (C=O) groups is 1. The first-order chi connectivity index (χ1) is 12.8. The summed E-state index contributed by atoms with van der Waals surface area (Å²) in [5.41, 5.74) is 4.21. The molecule has 8 nitrogen and oxygen atoms in total. The van der Waals surface area contributed by atoms with Crippen molar-refractivity contribution in [3.05, 3.63) is 39.8 Å². The van der Waals surface area contributed by atoms with Crippen molar-refractivity contribution >= 4 is 17.1 Å². The molecule has 0 unspecified atom stereocenters. The molecule has 1 aliphatic carbocycles. The lowest BCUT2D eigenvalue weighted by atomic mass is 9.93. The first-order valence-electron chi connectivity index (χ1n) is 9.22. The maximum atomic E-state index is 12.6. The van der Waals surface area contributed by atoms with Gasteiger partial charge in [0.15, 0.2) is 5.65 Å². The lowest BCUT2D eigenvalue weighted by Gasteiger charge is -2.23. The van der Waals surface area contributed by atoms with E-state index in [0.717, 1.165) is 42.6 Å². The summed E-state index contributed by atoms with van der Waals surface area (Å²) in [5.74, 6) is -0.178. The first-order valence-corrected chi connectivity index (χ1v) is 9.22. The molecule has 0 saturated carbocycles. The second kappa shape index (κ2) is 7.46. The summed E-state index contributed by atoms with van der Waals surface area (Å²) in [7, 11) is 1.68. The SMILES string of the molecule is CN(N=O)C1=C(Cc2cnc3[nH]cc(C(=O)NC(C)(C)C)c3n2)CCCC1. The second-order valence-corrected chi connectivity index (χ2v) is 8.00. The highest BCUT2D eigenvalue weighted by atomic mass is 16.3. The Hall–Kier alpha value is -2.77. The molecule has 2 aromatic rings. The molecule has 1 amide bonds. The van der Waals surface area contributed by atoms with Crippen LogP contribution in [-0.2, 0) is 6.42 Å². The quantitative estimate of drug-likeness (QED) is 0.619. The number of carbonyl (C=O) groups excluding carboxylic acids is 1. The zero-order valence-corrected chi connectivity index (χ0v) is 16.3. The van der Waals surface area contributed by atoms with Crippen molar-refractivity contribution in [2.75, 3.05) is 7.05 Å². The molecule has 1 aliphatic rings. The summed E-state index contributed by atoms with van der Waals surface area (Å²) in [6.07, 6.45) is 7.87. The number of nitrogens with one attached hydrogen (secondary N) is 2. The van der Waals surface area contributed by atoms with Gasteiger partial charge in [-0.1, -0.05) is 0 Å². The predicted molar refractivity (Wildman–Crippen MR) is 104 cm³/mol. The Labute approximate surface area is 158 Å². The van der Waals surface area contributed by atoms with Gasteiger partial charge in [0, 0.05) is 30.9 Å². The topological polar surface area (TPSA) is 103 Å². The van der Waals surface area contributed by atoms with E-state index in [1.807, 2.05) is 20.8 Å². The third-order valence-electron chi connectivity index (χ3n) is 4.62. The van der Waals surface area contributed by atoms with E-state index in [4.69, 9.17) is 0 Å². The van der Waals surface area contributed by atoms with Gasteiger partial charge in [-0.25, -0.2) is 15.0 Å². The second-order valence-electron chi connectivity index (χ2n) is 8.00. The highest BCUT2D eigenvalue weighted by Crippen LogP contribution is 2.29.